The topological polar surface area (TPSA) is 84.2 Å². The van der Waals surface area contributed by atoms with Crippen molar-refractivity contribution in [3.63, 3.8) is 0 Å². The molecule has 20 heavy (non-hydrogen) atoms. The molecule has 0 aliphatic rings. The number of hydrogen-bond acceptors (Lipinski definition) is 3. The van der Waals surface area contributed by atoms with Gasteiger partial charge < -0.3 is 16.4 Å². The molecule has 0 bridgehead atoms. The van der Waals surface area contributed by atoms with Crippen molar-refractivity contribution in [1.29, 1.82) is 0 Å². The lowest BCUT2D eigenvalue weighted by Gasteiger charge is -2.10. The van der Waals surface area contributed by atoms with Crippen molar-refractivity contribution in [2.75, 3.05) is 17.2 Å². The smallest absolute Gasteiger partial charge is 0.226 e. The Morgan fingerprint density at radius 3 is 2.35 bits per heavy atom. The maximum atomic E-state index is 11.6. The van der Waals surface area contributed by atoms with E-state index in [0.29, 0.717) is 30.8 Å². The number of nitrogens with two attached hydrogens (primary N) is 1. The number of anilines is 2. The van der Waals surface area contributed by atoms with Crippen LogP contribution in [0.1, 0.15) is 26.7 Å². The predicted molar refractivity (Wildman–Crippen MR) is 84.1 cm³/mol. The lowest BCUT2D eigenvalue weighted by Crippen LogP contribution is -2.18. The number of amides is 2. The molecule has 1 aromatic rings. The molecule has 6 heteroatoms. The van der Waals surface area contributed by atoms with Gasteiger partial charge in [-0.2, -0.15) is 0 Å². The van der Waals surface area contributed by atoms with E-state index < -0.39 is 0 Å². The Morgan fingerprint density at radius 1 is 1.20 bits per heavy atom. The normalized spacial score (nSPS) is 9.80. The number of carbonyl (C=O) groups excluding carboxylic acids is 2. The molecule has 0 aliphatic heterocycles. The Hall–Kier alpha value is -1.59. The predicted octanol–water partition coefficient (Wildman–Crippen LogP) is 2.38. The average molecular weight is 300 g/mol. The number of benzene rings is 1. The molecule has 2 amide bonds. The molecule has 1 aromatic carbocycles. The highest BCUT2D eigenvalue weighted by molar-refractivity contribution is 5.94. The molecule has 112 valence electrons. The van der Waals surface area contributed by atoms with Gasteiger partial charge in [0.1, 0.15) is 0 Å². The molecule has 4 N–H and O–H groups in total. The van der Waals surface area contributed by atoms with Crippen LogP contribution in [0.25, 0.3) is 0 Å². The first-order chi connectivity index (χ1) is 9.02. The van der Waals surface area contributed by atoms with Crippen LogP contribution in [0.4, 0.5) is 11.4 Å². The zero-order valence-corrected chi connectivity index (χ0v) is 12.6. The van der Waals surface area contributed by atoms with Crippen LogP contribution < -0.4 is 16.4 Å². The summed E-state index contributed by atoms with van der Waals surface area (Å²) in [5.74, 6) is -0.202. The van der Waals surface area contributed by atoms with Gasteiger partial charge in [0.25, 0.3) is 0 Å². The highest BCUT2D eigenvalue weighted by Gasteiger charge is 2.08. The van der Waals surface area contributed by atoms with Crippen LogP contribution in [0.2, 0.25) is 0 Å². The molecule has 0 aromatic heterocycles. The van der Waals surface area contributed by atoms with Crippen LogP contribution in [0, 0.1) is 5.92 Å². The van der Waals surface area contributed by atoms with Crippen LogP contribution in [0.3, 0.4) is 0 Å². The van der Waals surface area contributed by atoms with E-state index in [1.54, 1.807) is 24.3 Å². The van der Waals surface area contributed by atoms with Gasteiger partial charge in [-0.25, -0.2) is 0 Å². The fourth-order valence-electron chi connectivity index (χ4n) is 1.45. The Morgan fingerprint density at radius 2 is 1.80 bits per heavy atom. The van der Waals surface area contributed by atoms with Gasteiger partial charge in [0.05, 0.1) is 0 Å². The number of hydrogen-bond donors (Lipinski definition) is 3. The summed E-state index contributed by atoms with van der Waals surface area (Å²) in [6.45, 7) is 4.15. The molecule has 0 unspecified atom stereocenters. The third-order valence-corrected chi connectivity index (χ3v) is 2.55. The molecule has 0 spiro atoms. The van der Waals surface area contributed by atoms with Crippen molar-refractivity contribution in [3.05, 3.63) is 24.3 Å². The van der Waals surface area contributed by atoms with Crippen molar-refractivity contribution >= 4 is 35.6 Å². The van der Waals surface area contributed by atoms with Gasteiger partial charge in [-0.3, -0.25) is 9.59 Å². The summed E-state index contributed by atoms with van der Waals surface area (Å²) < 4.78 is 0. The van der Waals surface area contributed by atoms with Gasteiger partial charge in [0.2, 0.25) is 11.8 Å². The van der Waals surface area contributed by atoms with Gasteiger partial charge >= 0.3 is 0 Å². The summed E-state index contributed by atoms with van der Waals surface area (Å²) in [6.07, 6.45) is 1.06. The van der Waals surface area contributed by atoms with Crippen molar-refractivity contribution in [2.45, 2.75) is 26.7 Å². The van der Waals surface area contributed by atoms with Crippen LogP contribution in [-0.4, -0.2) is 18.4 Å². The van der Waals surface area contributed by atoms with Crippen LogP contribution >= 0.6 is 12.4 Å². The molecular formula is C14H22ClN3O2. The lowest BCUT2D eigenvalue weighted by molar-refractivity contribution is -0.119. The van der Waals surface area contributed by atoms with E-state index in [1.165, 1.54) is 0 Å². The molecule has 0 aliphatic carbocycles. The Bertz CT molecular complexity index is 450. The van der Waals surface area contributed by atoms with Crippen molar-refractivity contribution in [3.8, 4) is 0 Å². The molecule has 0 fully saturated rings. The monoisotopic (exact) mass is 299 g/mol. The molecule has 5 nitrogen and oxygen atoms in total. The minimum absolute atomic E-state index is 0. The van der Waals surface area contributed by atoms with Crippen molar-refractivity contribution in [1.82, 2.24) is 0 Å². The largest absolute Gasteiger partial charge is 0.330 e. The number of rotatable bonds is 6. The highest BCUT2D eigenvalue weighted by Crippen LogP contribution is 2.16. The third kappa shape index (κ3) is 6.54. The summed E-state index contributed by atoms with van der Waals surface area (Å²) in [5.41, 5.74) is 6.70. The van der Waals surface area contributed by atoms with E-state index in [4.69, 9.17) is 5.73 Å². The molecule has 1 rings (SSSR count). The van der Waals surface area contributed by atoms with Crippen LogP contribution in [0.15, 0.2) is 24.3 Å². The van der Waals surface area contributed by atoms with Gasteiger partial charge in [0.15, 0.2) is 0 Å². The summed E-state index contributed by atoms with van der Waals surface area (Å²) in [6, 6.07) is 7.09. The quantitative estimate of drug-likeness (QED) is 0.754. The van der Waals surface area contributed by atoms with Gasteiger partial charge in [-0.05, 0) is 31.2 Å². The van der Waals surface area contributed by atoms with Gasteiger partial charge in [-0.1, -0.05) is 19.9 Å². The Kier molecular flexibility index (Phi) is 8.59. The molecule has 0 heterocycles. The first kappa shape index (κ1) is 18.4. The second kappa shape index (κ2) is 9.34. The molecular weight excluding hydrogens is 278 g/mol. The minimum Gasteiger partial charge on any atom is -0.330 e. The van der Waals surface area contributed by atoms with E-state index in [2.05, 4.69) is 10.6 Å². The highest BCUT2D eigenvalue weighted by atomic mass is 35.5. The van der Waals surface area contributed by atoms with Gasteiger partial charge in [-0.15, -0.1) is 12.4 Å². The van der Waals surface area contributed by atoms with Crippen molar-refractivity contribution in [2.24, 2.45) is 11.7 Å². The zero-order chi connectivity index (χ0) is 14.3. The summed E-state index contributed by atoms with van der Waals surface area (Å²) >= 11 is 0. The standard InChI is InChI=1S/C14H21N3O2.ClH/c1-10(2)14(19)17-12-6-3-5-11(9-12)16-13(18)7-4-8-15;/h3,5-6,9-10H,4,7-8,15H2,1-2H3,(H,16,18)(H,17,19);1H. The lowest BCUT2D eigenvalue weighted by atomic mass is 10.2. The molecule has 0 saturated carbocycles. The second-order valence-corrected chi connectivity index (χ2v) is 4.67. The van der Waals surface area contributed by atoms with Gasteiger partial charge in [0, 0.05) is 23.7 Å². The summed E-state index contributed by atoms with van der Waals surface area (Å²) in [4.78, 5) is 23.1. The number of carbonyl (C=O) groups is 2. The fraction of sp³-hybridized carbons (Fsp3) is 0.429. The fourth-order valence-corrected chi connectivity index (χ4v) is 1.45. The molecule has 0 atom stereocenters. The van der Waals surface area contributed by atoms with E-state index in [0.717, 1.165) is 0 Å². The Labute approximate surface area is 125 Å². The first-order valence-electron chi connectivity index (χ1n) is 6.43. The van der Waals surface area contributed by atoms with E-state index in [9.17, 15) is 9.59 Å². The number of halogens is 1. The van der Waals surface area contributed by atoms with E-state index in [-0.39, 0.29) is 30.1 Å². The minimum atomic E-state index is -0.0807. The van der Waals surface area contributed by atoms with E-state index >= 15 is 0 Å². The number of nitrogens with one attached hydrogen (secondary N) is 2. The van der Waals surface area contributed by atoms with Crippen LogP contribution in [-0.2, 0) is 9.59 Å². The first-order valence-corrected chi connectivity index (χ1v) is 6.43. The van der Waals surface area contributed by atoms with E-state index in [1.807, 2.05) is 13.8 Å². The van der Waals surface area contributed by atoms with Crippen molar-refractivity contribution < 1.29 is 9.59 Å². The average Bonchev–Trinajstić information content (AvgIpc) is 2.36. The van der Waals surface area contributed by atoms with Crippen LogP contribution in [0.5, 0.6) is 0 Å². The molecule has 0 radical (unpaired) electrons. The second-order valence-electron chi connectivity index (χ2n) is 4.67. The zero-order valence-electron chi connectivity index (χ0n) is 11.8. The molecule has 0 saturated heterocycles. The Balaban J connectivity index is 0.00000361. The summed E-state index contributed by atoms with van der Waals surface area (Å²) in [7, 11) is 0. The maximum absolute atomic E-state index is 11.6. The maximum Gasteiger partial charge on any atom is 0.226 e. The summed E-state index contributed by atoms with van der Waals surface area (Å²) in [5, 5.41) is 5.56. The SMILES string of the molecule is CC(C)C(=O)Nc1cccc(NC(=O)CCCN)c1.Cl. The third-order valence-electron chi connectivity index (χ3n) is 2.55.